The maximum Gasteiger partial charge on any atom is 0.229 e. The maximum atomic E-state index is 12.7. The molecule has 2 aliphatic rings. The molecule has 3 aromatic heterocycles. The molecule has 0 aromatic carbocycles. The fourth-order valence-electron chi connectivity index (χ4n) is 4.47. The summed E-state index contributed by atoms with van der Waals surface area (Å²) in [7, 11) is -3.20. The number of aryl methyl sites for hydroxylation is 1. The molecular weight excluding hydrogens is 416 g/mol. The molecule has 2 fully saturated rings. The molecule has 3 N–H and O–H groups in total. The number of piperidine rings is 1. The first-order chi connectivity index (χ1) is 14.7. The number of amides is 1. The zero-order chi connectivity index (χ0) is 21.9. The minimum Gasteiger partial charge on any atom is -0.383 e. The summed E-state index contributed by atoms with van der Waals surface area (Å²) < 4.78 is 24.8. The number of nitrogens with zero attached hydrogens (tertiary/aromatic N) is 4. The number of carbonyl (C=O) groups excluding carboxylic acids is 1. The van der Waals surface area contributed by atoms with Gasteiger partial charge in [0.2, 0.25) is 15.9 Å². The molecule has 31 heavy (non-hydrogen) atoms. The lowest BCUT2D eigenvalue weighted by molar-refractivity contribution is -0.118. The number of aromatic nitrogens is 3. The van der Waals surface area contributed by atoms with Crippen LogP contribution in [0.25, 0.3) is 22.0 Å². The van der Waals surface area contributed by atoms with Crippen LogP contribution in [0.5, 0.6) is 0 Å². The van der Waals surface area contributed by atoms with Crippen molar-refractivity contribution in [2.75, 3.05) is 30.4 Å². The lowest BCUT2D eigenvalue weighted by Gasteiger charge is -2.16. The van der Waals surface area contributed by atoms with Gasteiger partial charge in [-0.05, 0) is 47.9 Å². The van der Waals surface area contributed by atoms with Crippen LogP contribution in [0.15, 0.2) is 36.8 Å². The Morgan fingerprint density at radius 2 is 1.97 bits per heavy atom. The minimum absolute atomic E-state index is 0.0789. The van der Waals surface area contributed by atoms with E-state index in [2.05, 4.69) is 20.3 Å². The fraction of sp³-hybridized carbons (Fsp3) is 0.333. The van der Waals surface area contributed by atoms with Crippen molar-refractivity contribution in [3.63, 3.8) is 0 Å². The van der Waals surface area contributed by atoms with Crippen LogP contribution in [0.4, 0.5) is 11.6 Å². The van der Waals surface area contributed by atoms with E-state index in [9.17, 15) is 13.2 Å². The molecule has 9 nitrogen and oxygen atoms in total. The van der Waals surface area contributed by atoms with Gasteiger partial charge in [-0.3, -0.25) is 9.78 Å². The molecule has 1 aliphatic heterocycles. The highest BCUT2D eigenvalue weighted by Crippen LogP contribution is 2.52. The Labute approximate surface area is 179 Å². The summed E-state index contributed by atoms with van der Waals surface area (Å²) in [6.45, 7) is 2.79. The van der Waals surface area contributed by atoms with Crippen LogP contribution in [0, 0.1) is 24.7 Å². The molecule has 3 atom stereocenters. The van der Waals surface area contributed by atoms with Crippen LogP contribution in [0.3, 0.4) is 0 Å². The van der Waals surface area contributed by atoms with E-state index >= 15 is 0 Å². The number of fused-ring (bicyclic) bond motifs is 2. The summed E-state index contributed by atoms with van der Waals surface area (Å²) in [4.78, 5) is 25.7. The van der Waals surface area contributed by atoms with Gasteiger partial charge in [0.05, 0.1) is 11.9 Å². The topological polar surface area (TPSA) is 131 Å². The third-order valence-corrected chi connectivity index (χ3v) is 7.48. The van der Waals surface area contributed by atoms with E-state index in [4.69, 9.17) is 5.73 Å². The first-order valence-electron chi connectivity index (χ1n) is 9.95. The molecule has 1 saturated carbocycles. The maximum absolute atomic E-state index is 12.7. The average molecular weight is 439 g/mol. The average Bonchev–Trinajstić information content (AvgIpc) is 3.20. The van der Waals surface area contributed by atoms with Crippen molar-refractivity contribution in [3.8, 4) is 11.3 Å². The van der Waals surface area contributed by atoms with Crippen LogP contribution in [0.2, 0.25) is 0 Å². The SMILES string of the molecule is Cc1ccncc1-c1cc2cc(NC(=O)C3[C@H]4CN(S(C)(=O)=O)C[C@@H]34)ncc2c(N)n1. The molecule has 3 aromatic rings. The Morgan fingerprint density at radius 1 is 1.23 bits per heavy atom. The van der Waals surface area contributed by atoms with Gasteiger partial charge in [0.15, 0.2) is 0 Å². The van der Waals surface area contributed by atoms with Crippen molar-refractivity contribution in [1.82, 2.24) is 19.3 Å². The van der Waals surface area contributed by atoms with Crippen LogP contribution in [0.1, 0.15) is 5.56 Å². The largest absolute Gasteiger partial charge is 0.383 e. The van der Waals surface area contributed by atoms with Crippen LogP contribution in [-0.4, -0.2) is 52.9 Å². The molecule has 1 saturated heterocycles. The molecule has 0 radical (unpaired) electrons. The van der Waals surface area contributed by atoms with Gasteiger partial charge in [0, 0.05) is 48.5 Å². The number of nitrogens with two attached hydrogens (primary N) is 1. The highest BCUT2D eigenvalue weighted by molar-refractivity contribution is 7.88. The summed E-state index contributed by atoms with van der Waals surface area (Å²) in [6, 6.07) is 5.59. The second kappa shape index (κ2) is 6.96. The number of rotatable bonds is 4. The predicted octanol–water partition coefficient (Wildman–Crippen LogP) is 1.66. The van der Waals surface area contributed by atoms with Crippen molar-refractivity contribution in [3.05, 3.63) is 42.4 Å². The van der Waals surface area contributed by atoms with Crippen molar-refractivity contribution in [2.45, 2.75) is 6.92 Å². The standard InChI is InChI=1S/C21H22N6O3S/c1-11-3-4-23-7-13(11)17-5-12-6-18(24-8-14(12)20(22)25-17)26-21(28)19-15-9-27(10-16(15)19)31(2,29)30/h3-8,15-16,19H,9-10H2,1-2H3,(H2,22,25)(H,24,26,28)/t15-,16+,19?. The highest BCUT2D eigenvalue weighted by atomic mass is 32.2. The van der Waals surface area contributed by atoms with E-state index in [1.807, 2.05) is 19.1 Å². The summed E-state index contributed by atoms with van der Waals surface area (Å²) in [5.41, 5.74) is 8.78. The molecule has 10 heteroatoms. The number of hydrogen-bond acceptors (Lipinski definition) is 7. The molecule has 0 spiro atoms. The number of hydrogen-bond donors (Lipinski definition) is 2. The first-order valence-corrected chi connectivity index (χ1v) is 11.8. The van der Waals surface area contributed by atoms with Crippen molar-refractivity contribution in [1.29, 1.82) is 0 Å². The second-order valence-corrected chi connectivity index (χ2v) is 10.3. The van der Waals surface area contributed by atoms with E-state index in [-0.39, 0.29) is 23.7 Å². The summed E-state index contributed by atoms with van der Waals surface area (Å²) in [5, 5.41) is 4.40. The van der Waals surface area contributed by atoms with Gasteiger partial charge in [-0.25, -0.2) is 22.7 Å². The number of nitrogen functional groups attached to an aromatic ring is 1. The van der Waals surface area contributed by atoms with Crippen LogP contribution >= 0.6 is 0 Å². The monoisotopic (exact) mass is 438 g/mol. The van der Waals surface area contributed by atoms with E-state index < -0.39 is 10.0 Å². The Balaban J connectivity index is 1.37. The number of anilines is 2. The van der Waals surface area contributed by atoms with Gasteiger partial charge in [-0.2, -0.15) is 0 Å². The van der Waals surface area contributed by atoms with E-state index in [1.54, 1.807) is 24.7 Å². The Bertz CT molecular complexity index is 1310. The van der Waals surface area contributed by atoms with Gasteiger partial charge in [-0.15, -0.1) is 0 Å². The lowest BCUT2D eigenvalue weighted by atomic mass is 10.1. The molecule has 1 unspecified atom stereocenters. The second-order valence-electron chi connectivity index (χ2n) is 8.30. The Morgan fingerprint density at radius 3 is 2.65 bits per heavy atom. The van der Waals surface area contributed by atoms with Gasteiger partial charge in [0.25, 0.3) is 0 Å². The van der Waals surface area contributed by atoms with Crippen molar-refractivity contribution in [2.24, 2.45) is 17.8 Å². The van der Waals surface area contributed by atoms with Gasteiger partial charge in [0.1, 0.15) is 11.6 Å². The minimum atomic E-state index is -3.20. The molecular formula is C21H22N6O3S. The third kappa shape index (κ3) is 3.51. The van der Waals surface area contributed by atoms with Gasteiger partial charge < -0.3 is 11.1 Å². The van der Waals surface area contributed by atoms with E-state index in [1.165, 1.54) is 10.6 Å². The van der Waals surface area contributed by atoms with Crippen molar-refractivity contribution < 1.29 is 13.2 Å². The number of nitrogens with one attached hydrogen (secondary N) is 1. The zero-order valence-corrected chi connectivity index (χ0v) is 17.9. The number of pyridine rings is 3. The van der Waals surface area contributed by atoms with Crippen molar-refractivity contribution >= 4 is 38.3 Å². The highest BCUT2D eigenvalue weighted by Gasteiger charge is 2.60. The van der Waals surface area contributed by atoms with E-state index in [0.717, 1.165) is 16.5 Å². The summed E-state index contributed by atoms with van der Waals surface area (Å²) in [5.74, 6) is 0.651. The zero-order valence-electron chi connectivity index (χ0n) is 17.1. The molecule has 0 bridgehead atoms. The molecule has 4 heterocycles. The molecule has 1 amide bonds. The summed E-state index contributed by atoms with van der Waals surface area (Å²) in [6.07, 6.45) is 6.28. The van der Waals surface area contributed by atoms with Crippen LogP contribution in [-0.2, 0) is 14.8 Å². The fourth-order valence-corrected chi connectivity index (χ4v) is 5.36. The number of carbonyl (C=O) groups is 1. The molecule has 160 valence electrons. The summed E-state index contributed by atoms with van der Waals surface area (Å²) >= 11 is 0. The smallest absolute Gasteiger partial charge is 0.229 e. The normalized spacial score (nSPS) is 23.0. The number of sulfonamides is 1. The van der Waals surface area contributed by atoms with E-state index in [0.29, 0.717) is 35.8 Å². The van der Waals surface area contributed by atoms with Crippen LogP contribution < -0.4 is 11.1 Å². The van der Waals surface area contributed by atoms with Gasteiger partial charge in [-0.1, -0.05) is 0 Å². The molecule has 1 aliphatic carbocycles. The quantitative estimate of drug-likeness (QED) is 0.633. The van der Waals surface area contributed by atoms with Gasteiger partial charge >= 0.3 is 0 Å². The Hall–Kier alpha value is -3.11. The Kier molecular flexibility index (Phi) is 4.45. The first kappa shape index (κ1) is 19.8. The third-order valence-electron chi connectivity index (χ3n) is 6.24. The predicted molar refractivity (Wildman–Crippen MR) is 117 cm³/mol. The molecule has 5 rings (SSSR count). The lowest BCUT2D eigenvalue weighted by Crippen LogP contribution is -2.32.